The standard InChI is InChI=1S/C16H23N2.C13H17N2.2ClH.Zr/c1-11(2)12-9-13-14(10-12)16(18(5)6)8-7-15(13)17(3)4;1-14(2)12-8-9-13(15(3)4)11-7-5-6-10(11)12;;;/h7-11H,1-6H3;5-9H,1-4H3;2*1H;/q2*-1;;;+4/p-2. The van der Waals surface area contributed by atoms with Crippen molar-refractivity contribution in [3.05, 3.63) is 60.2 Å². The van der Waals surface area contributed by atoms with Gasteiger partial charge in [-0.05, 0) is 56.9 Å². The summed E-state index contributed by atoms with van der Waals surface area (Å²) in [7, 11) is 16.7. The van der Waals surface area contributed by atoms with Crippen molar-refractivity contribution in [2.24, 2.45) is 0 Å². The Balaban J connectivity index is 0.000000636. The van der Waals surface area contributed by atoms with Gasteiger partial charge in [-0.25, -0.2) is 0 Å². The van der Waals surface area contributed by atoms with E-state index in [-0.39, 0.29) is 51.0 Å². The van der Waals surface area contributed by atoms with E-state index in [2.05, 4.69) is 144 Å². The molecule has 7 heteroatoms. The van der Waals surface area contributed by atoms with Gasteiger partial charge in [0.05, 0.1) is 0 Å². The Morgan fingerprint density at radius 3 is 1.44 bits per heavy atom. The van der Waals surface area contributed by atoms with Crippen molar-refractivity contribution in [1.82, 2.24) is 0 Å². The average Bonchev–Trinajstić information content (AvgIpc) is 3.39. The summed E-state index contributed by atoms with van der Waals surface area (Å²) in [6.07, 6.45) is 0. The number of anilines is 4. The summed E-state index contributed by atoms with van der Waals surface area (Å²) in [5.74, 6) is 0.572. The number of hydrogen-bond acceptors (Lipinski definition) is 4. The van der Waals surface area contributed by atoms with Gasteiger partial charge in [0.2, 0.25) is 0 Å². The number of fused-ring (bicyclic) bond motifs is 2. The largest absolute Gasteiger partial charge is 4.00 e. The van der Waals surface area contributed by atoms with Gasteiger partial charge in [0, 0.05) is 28.2 Å². The van der Waals surface area contributed by atoms with Gasteiger partial charge < -0.3 is 44.4 Å². The van der Waals surface area contributed by atoms with Crippen LogP contribution in [0.2, 0.25) is 0 Å². The van der Waals surface area contributed by atoms with Gasteiger partial charge >= 0.3 is 26.2 Å². The second-order valence-electron chi connectivity index (χ2n) is 9.91. The Kier molecular flexibility index (Phi) is 13.6. The quantitative estimate of drug-likeness (QED) is 0.307. The first-order valence-corrected chi connectivity index (χ1v) is 11.6. The molecule has 0 saturated carbocycles. The maximum Gasteiger partial charge on any atom is 4.00 e. The first-order valence-electron chi connectivity index (χ1n) is 11.6. The van der Waals surface area contributed by atoms with Gasteiger partial charge in [-0.15, -0.1) is 39.2 Å². The maximum absolute atomic E-state index is 2.34. The summed E-state index contributed by atoms with van der Waals surface area (Å²) in [6, 6.07) is 19.9. The van der Waals surface area contributed by atoms with Gasteiger partial charge in [-0.2, -0.15) is 18.2 Å². The Morgan fingerprint density at radius 1 is 0.583 bits per heavy atom. The third kappa shape index (κ3) is 7.21. The fourth-order valence-electron chi connectivity index (χ4n) is 4.39. The van der Waals surface area contributed by atoms with Crippen LogP contribution >= 0.6 is 0 Å². The molecule has 0 spiro atoms. The number of rotatable bonds is 5. The van der Waals surface area contributed by atoms with Crippen LogP contribution in [0.5, 0.6) is 0 Å². The van der Waals surface area contributed by atoms with E-state index in [1.54, 1.807) is 0 Å². The molecule has 0 aliphatic rings. The van der Waals surface area contributed by atoms with Gasteiger partial charge in [0.25, 0.3) is 0 Å². The van der Waals surface area contributed by atoms with Gasteiger partial charge in [-0.1, -0.05) is 38.1 Å². The van der Waals surface area contributed by atoms with Crippen LogP contribution in [-0.2, 0) is 26.2 Å². The molecular weight excluding hydrogens is 566 g/mol. The third-order valence-electron chi connectivity index (χ3n) is 6.22. The molecule has 36 heavy (non-hydrogen) atoms. The van der Waals surface area contributed by atoms with E-state index < -0.39 is 0 Å². The summed E-state index contributed by atoms with van der Waals surface area (Å²) in [5, 5.41) is 5.36. The molecule has 0 amide bonds. The van der Waals surface area contributed by atoms with Crippen molar-refractivity contribution in [2.45, 2.75) is 19.8 Å². The molecule has 0 heterocycles. The SMILES string of the molecule is CC(C)c1cc2c(N(C)C)ccc(N(C)C)c2[cH-]1.CN(C)c1ccc(N(C)C)c2[cH-]ccc12.[Cl-].[Cl-].[Zr+4]. The van der Waals surface area contributed by atoms with Crippen molar-refractivity contribution in [2.75, 3.05) is 76.0 Å². The topological polar surface area (TPSA) is 13.0 Å². The summed E-state index contributed by atoms with van der Waals surface area (Å²) < 4.78 is 0. The fraction of sp³-hybridized carbons (Fsp3) is 0.379. The molecule has 0 fully saturated rings. The summed E-state index contributed by atoms with van der Waals surface area (Å²) in [4.78, 5) is 8.68. The molecule has 0 N–H and O–H groups in total. The number of halogens is 2. The molecule has 194 valence electrons. The first kappa shape index (κ1) is 34.3. The minimum absolute atomic E-state index is 0. The van der Waals surface area contributed by atoms with Crippen molar-refractivity contribution in [1.29, 1.82) is 0 Å². The van der Waals surface area contributed by atoms with Crippen LogP contribution in [0, 0.1) is 0 Å². The van der Waals surface area contributed by atoms with E-state index >= 15 is 0 Å². The first-order chi connectivity index (χ1) is 15.5. The summed E-state index contributed by atoms with van der Waals surface area (Å²) in [5.41, 5.74) is 6.56. The van der Waals surface area contributed by atoms with Gasteiger partial charge in [0.1, 0.15) is 0 Å². The van der Waals surface area contributed by atoms with E-state index in [0.717, 1.165) is 0 Å². The van der Waals surface area contributed by atoms with Crippen LogP contribution in [0.15, 0.2) is 54.6 Å². The summed E-state index contributed by atoms with van der Waals surface area (Å²) in [6.45, 7) is 4.50. The Hall–Kier alpha value is -1.68. The zero-order valence-corrected chi connectivity index (χ0v) is 27.3. The van der Waals surface area contributed by atoms with E-state index in [9.17, 15) is 0 Å². The second kappa shape index (κ2) is 14.3. The Morgan fingerprint density at radius 2 is 1.00 bits per heavy atom. The van der Waals surface area contributed by atoms with E-state index in [0.29, 0.717) is 5.92 Å². The van der Waals surface area contributed by atoms with Crippen LogP contribution in [0.1, 0.15) is 25.3 Å². The molecule has 0 aliphatic carbocycles. The van der Waals surface area contributed by atoms with Crippen molar-refractivity contribution in [3.63, 3.8) is 0 Å². The van der Waals surface area contributed by atoms with Gasteiger partial charge in [-0.3, -0.25) is 0 Å². The molecule has 0 saturated heterocycles. The van der Waals surface area contributed by atoms with E-state index in [4.69, 9.17) is 0 Å². The van der Waals surface area contributed by atoms with Gasteiger partial charge in [0.15, 0.2) is 0 Å². The molecule has 0 aliphatic heterocycles. The molecule has 0 radical (unpaired) electrons. The predicted octanol–water partition coefficient (Wildman–Crippen LogP) is 0.510. The van der Waals surface area contributed by atoms with Crippen LogP contribution in [0.25, 0.3) is 21.5 Å². The predicted molar refractivity (Wildman–Crippen MR) is 150 cm³/mol. The van der Waals surface area contributed by atoms with E-state index in [1.807, 2.05) is 0 Å². The monoisotopic (exact) mass is 604 g/mol. The minimum atomic E-state index is 0. The van der Waals surface area contributed by atoms with Crippen molar-refractivity contribution >= 4 is 44.3 Å². The molecule has 0 atom stereocenters. The molecule has 0 unspecified atom stereocenters. The van der Waals surface area contributed by atoms with Crippen LogP contribution in [-0.4, -0.2) is 56.4 Å². The van der Waals surface area contributed by atoms with Crippen LogP contribution in [0.4, 0.5) is 22.7 Å². The van der Waals surface area contributed by atoms with Crippen molar-refractivity contribution in [3.8, 4) is 0 Å². The minimum Gasteiger partial charge on any atom is -1.00 e. The number of nitrogens with zero attached hydrogens (tertiary/aromatic N) is 4. The fourth-order valence-corrected chi connectivity index (χ4v) is 4.39. The molecule has 4 aromatic rings. The van der Waals surface area contributed by atoms with E-state index in [1.165, 1.54) is 49.9 Å². The molecule has 0 aromatic heterocycles. The van der Waals surface area contributed by atoms with Crippen LogP contribution in [0.3, 0.4) is 0 Å². The maximum atomic E-state index is 2.34. The third-order valence-corrected chi connectivity index (χ3v) is 6.22. The molecular formula is C29H40Cl2N4Zr. The Bertz CT molecular complexity index is 1140. The molecule has 4 rings (SSSR count). The zero-order chi connectivity index (χ0) is 24.4. The summed E-state index contributed by atoms with van der Waals surface area (Å²) >= 11 is 0. The number of benzene rings is 2. The molecule has 4 aromatic carbocycles. The van der Waals surface area contributed by atoms with Crippen LogP contribution < -0.4 is 44.4 Å². The molecule has 0 bridgehead atoms. The van der Waals surface area contributed by atoms with Crippen molar-refractivity contribution < 1.29 is 51.0 Å². The normalized spacial score (nSPS) is 10.1. The second-order valence-corrected chi connectivity index (χ2v) is 9.91. The average molecular weight is 607 g/mol. The smallest absolute Gasteiger partial charge is 1.00 e. The zero-order valence-electron chi connectivity index (χ0n) is 23.3. The molecule has 4 nitrogen and oxygen atoms in total. The Labute approximate surface area is 249 Å². The number of hydrogen-bond donors (Lipinski definition) is 0.